The van der Waals surface area contributed by atoms with Gasteiger partial charge in [0.2, 0.25) is 0 Å². The fourth-order valence-corrected chi connectivity index (χ4v) is 1.10. The molecule has 0 unspecified atom stereocenters. The third-order valence-corrected chi connectivity index (χ3v) is 1.75. The molecule has 0 aromatic carbocycles. The molecule has 2 aromatic heterocycles. The number of rotatable bonds is 2. The zero-order chi connectivity index (χ0) is 9.97. The Balaban J connectivity index is 0.00000112. The van der Waals surface area contributed by atoms with Gasteiger partial charge in [-0.15, -0.1) is 17.5 Å². The van der Waals surface area contributed by atoms with Crippen LogP contribution in [0.2, 0.25) is 0 Å². The molecule has 0 N–H and O–H groups in total. The molecule has 0 saturated carbocycles. The van der Waals surface area contributed by atoms with E-state index >= 15 is 0 Å². The molecule has 0 aliphatic heterocycles. The molecule has 0 atom stereocenters. The summed E-state index contributed by atoms with van der Waals surface area (Å²) in [7, 11) is 0. The Kier molecular flexibility index (Phi) is 6.92. The zero-order valence-electron chi connectivity index (χ0n) is 8.57. The standard InChI is InChI=1S/C10H8NO3.Am.Y/c1-7(12)14-6-9-4-8-2-3-13-10(8)5-11-9;;/h3-5H,6H2,1H3;;/q-1;;. The molecule has 0 aliphatic carbocycles. The van der Waals surface area contributed by atoms with E-state index < -0.39 is 0 Å². The average Bonchev–Trinajstić information content (AvgIpc) is 2.61. The van der Waals surface area contributed by atoms with E-state index in [-0.39, 0.29) is 59.6 Å². The number of ether oxygens (including phenoxy) is 1. The number of pyridine rings is 1. The van der Waals surface area contributed by atoms with Crippen molar-refractivity contribution in [1.82, 2.24) is 4.98 Å². The predicted molar refractivity (Wildman–Crippen MR) is 48.3 cm³/mol. The molecule has 6 heteroatoms. The van der Waals surface area contributed by atoms with Crippen molar-refractivity contribution in [2.75, 3.05) is 0 Å². The number of nitrogens with zero attached hydrogens (tertiary/aromatic N) is 1. The van der Waals surface area contributed by atoms with Gasteiger partial charge >= 0.3 is 5.97 Å². The van der Waals surface area contributed by atoms with Gasteiger partial charge in [-0.2, -0.15) is 0 Å². The molecular formula is C10H8AmNO3Y-. The van der Waals surface area contributed by atoms with Crippen molar-refractivity contribution in [3.8, 4) is 0 Å². The van der Waals surface area contributed by atoms with Gasteiger partial charge in [-0.25, -0.2) is 0 Å². The monoisotopic (exact) mass is 520 g/mol. The van der Waals surface area contributed by atoms with Crippen LogP contribution in [-0.4, -0.2) is 11.0 Å². The van der Waals surface area contributed by atoms with Crippen LogP contribution in [0.15, 0.2) is 22.9 Å². The molecule has 0 aliphatic rings. The number of hydrogen-bond acceptors (Lipinski definition) is 4. The van der Waals surface area contributed by atoms with Crippen molar-refractivity contribution < 1.29 is 60.9 Å². The summed E-state index contributed by atoms with van der Waals surface area (Å²) in [6.45, 7) is 1.55. The van der Waals surface area contributed by atoms with E-state index in [2.05, 4.69) is 11.1 Å². The maximum atomic E-state index is 10.6. The maximum Gasteiger partial charge on any atom is 0.302 e. The number of fused-ring (bicyclic) bond motifs is 1. The van der Waals surface area contributed by atoms with Crippen LogP contribution in [0, 0.1) is 20.3 Å². The van der Waals surface area contributed by atoms with Gasteiger partial charge in [-0.3, -0.25) is 9.78 Å². The maximum absolute atomic E-state index is 10.6. The van der Waals surface area contributed by atoms with E-state index in [1.165, 1.54) is 13.2 Å². The van der Waals surface area contributed by atoms with Gasteiger partial charge in [0, 0.05) is 77.7 Å². The number of carbonyl (C=O) groups is 1. The predicted octanol–water partition coefficient (Wildman–Crippen LogP) is 1.69. The van der Waals surface area contributed by atoms with E-state index in [9.17, 15) is 4.79 Å². The van der Waals surface area contributed by atoms with Gasteiger partial charge in [-0.1, -0.05) is 0 Å². The molecule has 82 valence electrons. The van der Waals surface area contributed by atoms with Crippen LogP contribution in [-0.2, 0) is 48.8 Å². The van der Waals surface area contributed by atoms with Gasteiger partial charge in [-0.05, 0) is 0 Å². The van der Waals surface area contributed by atoms with E-state index in [4.69, 9.17) is 9.15 Å². The molecule has 16 heavy (non-hydrogen) atoms. The number of carbonyl (C=O) groups excluding carboxylic acids is 1. The van der Waals surface area contributed by atoms with E-state index in [1.54, 1.807) is 12.3 Å². The molecule has 4 nitrogen and oxygen atoms in total. The Bertz CT molecular complexity index is 472. The van der Waals surface area contributed by atoms with Crippen LogP contribution < -0.4 is 0 Å². The van der Waals surface area contributed by atoms with Crippen molar-refractivity contribution in [2.45, 2.75) is 13.5 Å². The minimum atomic E-state index is -0.317. The summed E-state index contributed by atoms with van der Waals surface area (Å²) < 4.78 is 9.88. The summed E-state index contributed by atoms with van der Waals surface area (Å²) in [5.41, 5.74) is 1.36. The quantitative estimate of drug-likeness (QED) is 0.446. The Labute approximate surface area is 126 Å². The van der Waals surface area contributed by atoms with Crippen molar-refractivity contribution >= 4 is 16.9 Å². The number of furan rings is 1. The van der Waals surface area contributed by atoms with Crippen LogP contribution in [0.3, 0.4) is 0 Å². The first kappa shape index (κ1) is 15.7. The Hall–Kier alpha value is -0.346. The second-order valence-corrected chi connectivity index (χ2v) is 2.83. The van der Waals surface area contributed by atoms with E-state index in [0.29, 0.717) is 11.3 Å². The van der Waals surface area contributed by atoms with Gasteiger partial charge in [0.25, 0.3) is 0 Å². The minimum absolute atomic E-state index is 0. The normalized spacial score (nSPS) is 9.06. The third kappa shape index (κ3) is 3.91. The molecule has 0 bridgehead atoms. The van der Waals surface area contributed by atoms with Gasteiger partial charge in [0.1, 0.15) is 6.61 Å². The van der Waals surface area contributed by atoms with Crippen LogP contribution in [0.1, 0.15) is 12.6 Å². The summed E-state index contributed by atoms with van der Waals surface area (Å²) in [4.78, 5) is 14.6. The summed E-state index contributed by atoms with van der Waals surface area (Å²) in [6.07, 6.45) is 3.06. The molecule has 0 saturated heterocycles. The molecule has 0 fully saturated rings. The second-order valence-electron chi connectivity index (χ2n) is 2.83. The number of esters is 1. The van der Waals surface area contributed by atoms with Crippen molar-refractivity contribution in [1.29, 1.82) is 0 Å². The second kappa shape index (κ2) is 7.07. The van der Waals surface area contributed by atoms with Crippen LogP contribution >= 0.6 is 0 Å². The molecule has 2 radical (unpaired) electrons. The first-order chi connectivity index (χ1) is 6.75. The van der Waals surface area contributed by atoms with E-state index in [0.717, 1.165) is 5.39 Å². The molecule has 2 heterocycles. The summed E-state index contributed by atoms with van der Waals surface area (Å²) in [6, 6.07) is 4.68. The van der Waals surface area contributed by atoms with Crippen molar-refractivity contribution in [3.63, 3.8) is 0 Å². The Morgan fingerprint density at radius 1 is 1.62 bits per heavy atom. The molecule has 0 spiro atoms. The Morgan fingerprint density at radius 3 is 3.06 bits per heavy atom. The van der Waals surface area contributed by atoms with Crippen molar-refractivity contribution in [3.05, 3.63) is 30.3 Å². The smallest absolute Gasteiger partial charge is 0.302 e. The first-order valence-electron chi connectivity index (χ1n) is 4.13. The number of hydrogen-bond donors (Lipinski definition) is 0. The van der Waals surface area contributed by atoms with Crippen molar-refractivity contribution in [2.24, 2.45) is 0 Å². The van der Waals surface area contributed by atoms with Gasteiger partial charge < -0.3 is 9.15 Å². The summed E-state index contributed by atoms with van der Waals surface area (Å²) in [5, 5.41) is 0.835. The first-order valence-corrected chi connectivity index (χ1v) is 4.13. The molecule has 2 rings (SSSR count). The average molecular weight is 522 g/mol. The molecule has 2 aromatic rings. The topological polar surface area (TPSA) is 52.3 Å². The summed E-state index contributed by atoms with van der Waals surface area (Å²) in [5.74, 6) is -0.317. The Morgan fingerprint density at radius 2 is 2.38 bits per heavy atom. The van der Waals surface area contributed by atoms with Crippen LogP contribution in [0.25, 0.3) is 11.0 Å². The zero-order valence-corrected chi connectivity index (χ0v) is 14.6. The largest absolute Gasteiger partial charge is 0.534 e. The molecular weight excluding hydrogens is 514 g/mol. The summed E-state index contributed by atoms with van der Waals surface area (Å²) >= 11 is 0. The SMILES string of the molecule is CC(=O)OCc1cc2[c-]coc2cn1.[Am].[Y]. The molecule has 0 amide bonds. The fourth-order valence-electron chi connectivity index (χ4n) is 1.10. The van der Waals surface area contributed by atoms with Crippen LogP contribution in [0.4, 0.5) is 0 Å². The van der Waals surface area contributed by atoms with E-state index in [1.807, 2.05) is 0 Å². The third-order valence-electron chi connectivity index (χ3n) is 1.75. The van der Waals surface area contributed by atoms with Crippen LogP contribution in [0.5, 0.6) is 0 Å². The fraction of sp³-hybridized carbons (Fsp3) is 0.200. The van der Waals surface area contributed by atoms with Gasteiger partial charge in [0.05, 0.1) is 0 Å². The number of aromatic nitrogens is 1. The minimum Gasteiger partial charge on any atom is -0.534 e. The van der Waals surface area contributed by atoms with Gasteiger partial charge in [0.15, 0.2) is 0 Å².